The molecule has 16 heavy (non-hydrogen) atoms. The first-order valence-electron chi connectivity index (χ1n) is 5.57. The molecule has 1 rings (SSSR count). The molecule has 0 atom stereocenters. The van der Waals surface area contributed by atoms with Crippen LogP contribution in [0.5, 0.6) is 0 Å². The van der Waals surface area contributed by atoms with E-state index < -0.39 is 9.84 Å². The molecule has 0 aromatic heterocycles. The van der Waals surface area contributed by atoms with E-state index in [1.54, 1.807) is 0 Å². The van der Waals surface area contributed by atoms with Gasteiger partial charge in [0.05, 0.1) is 5.75 Å². The van der Waals surface area contributed by atoms with E-state index in [0.717, 1.165) is 13.1 Å². The Hall–Kier alpha value is -0.620. The minimum Gasteiger partial charge on any atom is -0.355 e. The number of hydrogen-bond acceptors (Lipinski definition) is 4. The van der Waals surface area contributed by atoms with Gasteiger partial charge in [-0.2, -0.15) is 0 Å². The van der Waals surface area contributed by atoms with Crippen molar-refractivity contribution in [3.8, 4) is 0 Å². The van der Waals surface area contributed by atoms with Gasteiger partial charge in [-0.15, -0.1) is 0 Å². The molecule has 1 aliphatic heterocycles. The number of rotatable bonds is 6. The van der Waals surface area contributed by atoms with Crippen LogP contribution in [0.25, 0.3) is 0 Å². The van der Waals surface area contributed by atoms with Gasteiger partial charge in [-0.05, 0) is 11.8 Å². The fourth-order valence-electron chi connectivity index (χ4n) is 1.45. The van der Waals surface area contributed by atoms with Gasteiger partial charge in [0.1, 0.15) is 5.75 Å². The predicted octanol–water partition coefficient (Wildman–Crippen LogP) is -0.607. The lowest BCUT2D eigenvalue weighted by Crippen LogP contribution is -2.46. The molecular weight excluding hydrogens is 228 g/mol. The molecule has 0 radical (unpaired) electrons. The molecule has 1 amide bonds. The van der Waals surface area contributed by atoms with E-state index in [1.807, 2.05) is 13.8 Å². The monoisotopic (exact) mass is 248 g/mol. The van der Waals surface area contributed by atoms with Crippen LogP contribution in [0.4, 0.5) is 0 Å². The SMILES string of the molecule is CC(C)CNC(=O)CS(=O)(=O)CC1CNC1. The first kappa shape index (κ1) is 13.4. The van der Waals surface area contributed by atoms with E-state index in [9.17, 15) is 13.2 Å². The van der Waals surface area contributed by atoms with Crippen molar-refractivity contribution in [1.29, 1.82) is 0 Å². The Morgan fingerprint density at radius 3 is 2.50 bits per heavy atom. The third kappa shape index (κ3) is 4.94. The Balaban J connectivity index is 2.30. The largest absolute Gasteiger partial charge is 0.355 e. The van der Waals surface area contributed by atoms with E-state index in [2.05, 4.69) is 10.6 Å². The zero-order valence-electron chi connectivity index (χ0n) is 9.82. The van der Waals surface area contributed by atoms with Gasteiger partial charge in [-0.25, -0.2) is 8.42 Å². The molecule has 94 valence electrons. The fourth-order valence-corrected chi connectivity index (χ4v) is 3.03. The Morgan fingerprint density at radius 2 is 2.06 bits per heavy atom. The Bertz CT molecular complexity index is 334. The number of nitrogens with one attached hydrogen (secondary N) is 2. The van der Waals surface area contributed by atoms with Gasteiger partial charge < -0.3 is 10.6 Å². The highest BCUT2D eigenvalue weighted by Gasteiger charge is 2.25. The Morgan fingerprint density at radius 1 is 1.44 bits per heavy atom. The van der Waals surface area contributed by atoms with E-state index >= 15 is 0 Å². The maximum absolute atomic E-state index is 11.6. The van der Waals surface area contributed by atoms with Crippen LogP contribution in [0.15, 0.2) is 0 Å². The van der Waals surface area contributed by atoms with Gasteiger partial charge in [-0.1, -0.05) is 13.8 Å². The minimum atomic E-state index is -3.24. The van der Waals surface area contributed by atoms with Gasteiger partial charge in [0.25, 0.3) is 0 Å². The van der Waals surface area contributed by atoms with Gasteiger partial charge in [0.15, 0.2) is 9.84 Å². The average Bonchev–Trinajstić information content (AvgIpc) is 2.08. The lowest BCUT2D eigenvalue weighted by atomic mass is 10.1. The Labute approximate surface area is 96.9 Å². The minimum absolute atomic E-state index is 0.120. The molecule has 0 aliphatic carbocycles. The van der Waals surface area contributed by atoms with Crippen molar-refractivity contribution in [3.05, 3.63) is 0 Å². The summed E-state index contributed by atoms with van der Waals surface area (Å²) >= 11 is 0. The molecule has 0 saturated carbocycles. The molecule has 0 aromatic carbocycles. The summed E-state index contributed by atoms with van der Waals surface area (Å²) in [5, 5.41) is 5.63. The van der Waals surface area contributed by atoms with Crippen LogP contribution in [0.2, 0.25) is 0 Å². The normalized spacial score (nSPS) is 17.2. The molecule has 6 heteroatoms. The first-order valence-corrected chi connectivity index (χ1v) is 7.39. The topological polar surface area (TPSA) is 75.3 Å². The summed E-state index contributed by atoms with van der Waals surface area (Å²) in [6, 6.07) is 0. The van der Waals surface area contributed by atoms with Crippen molar-refractivity contribution < 1.29 is 13.2 Å². The number of carbonyl (C=O) groups excluding carboxylic acids is 1. The maximum Gasteiger partial charge on any atom is 0.235 e. The maximum atomic E-state index is 11.6. The summed E-state index contributed by atoms with van der Waals surface area (Å²) in [5.74, 6) is -0.128. The van der Waals surface area contributed by atoms with Crippen molar-refractivity contribution in [2.45, 2.75) is 13.8 Å². The van der Waals surface area contributed by atoms with Crippen molar-refractivity contribution in [2.75, 3.05) is 31.1 Å². The van der Waals surface area contributed by atoms with Crippen LogP contribution in [0.1, 0.15) is 13.8 Å². The second-order valence-electron chi connectivity index (χ2n) is 4.78. The summed E-state index contributed by atoms with van der Waals surface area (Å²) in [7, 11) is -3.24. The van der Waals surface area contributed by atoms with Crippen LogP contribution in [-0.2, 0) is 14.6 Å². The van der Waals surface area contributed by atoms with E-state index in [0.29, 0.717) is 12.5 Å². The predicted molar refractivity (Wildman–Crippen MR) is 62.9 cm³/mol. The molecule has 1 heterocycles. The quantitative estimate of drug-likeness (QED) is 0.658. The van der Waals surface area contributed by atoms with Crippen LogP contribution in [0, 0.1) is 11.8 Å². The van der Waals surface area contributed by atoms with E-state index in [-0.39, 0.29) is 23.3 Å². The standard InChI is InChI=1S/C10H20N2O3S/c1-8(2)3-12-10(13)7-16(14,15)6-9-4-11-5-9/h8-9,11H,3-7H2,1-2H3,(H,12,13). The molecular formula is C10H20N2O3S. The highest BCUT2D eigenvalue weighted by Crippen LogP contribution is 2.07. The summed E-state index contributed by atoms with van der Waals surface area (Å²) < 4.78 is 23.2. The summed E-state index contributed by atoms with van der Waals surface area (Å²) in [6.07, 6.45) is 0. The molecule has 1 fully saturated rings. The molecule has 5 nitrogen and oxygen atoms in total. The number of sulfone groups is 1. The third-order valence-corrected chi connectivity index (χ3v) is 4.10. The smallest absolute Gasteiger partial charge is 0.235 e. The highest BCUT2D eigenvalue weighted by atomic mass is 32.2. The molecule has 1 aliphatic rings. The molecule has 0 aromatic rings. The van der Waals surface area contributed by atoms with E-state index in [4.69, 9.17) is 0 Å². The average molecular weight is 248 g/mol. The summed E-state index contributed by atoms with van der Waals surface area (Å²) in [6.45, 7) is 5.95. The third-order valence-electron chi connectivity index (χ3n) is 2.41. The van der Waals surface area contributed by atoms with Crippen molar-refractivity contribution >= 4 is 15.7 Å². The van der Waals surface area contributed by atoms with Crippen LogP contribution >= 0.6 is 0 Å². The first-order chi connectivity index (χ1) is 7.39. The van der Waals surface area contributed by atoms with Crippen LogP contribution in [-0.4, -0.2) is 45.5 Å². The second kappa shape index (κ2) is 5.63. The zero-order chi connectivity index (χ0) is 12.2. The molecule has 0 spiro atoms. The summed E-state index contributed by atoms with van der Waals surface area (Å²) in [5.41, 5.74) is 0. The van der Waals surface area contributed by atoms with Gasteiger partial charge in [0.2, 0.25) is 5.91 Å². The fraction of sp³-hybridized carbons (Fsp3) is 0.900. The zero-order valence-corrected chi connectivity index (χ0v) is 10.6. The van der Waals surface area contributed by atoms with Gasteiger partial charge in [-0.3, -0.25) is 4.79 Å². The van der Waals surface area contributed by atoms with E-state index in [1.165, 1.54) is 0 Å². The van der Waals surface area contributed by atoms with Crippen LogP contribution in [0.3, 0.4) is 0 Å². The van der Waals surface area contributed by atoms with Crippen molar-refractivity contribution in [3.63, 3.8) is 0 Å². The van der Waals surface area contributed by atoms with Gasteiger partial charge >= 0.3 is 0 Å². The second-order valence-corrected chi connectivity index (χ2v) is 6.89. The number of hydrogen-bond donors (Lipinski definition) is 2. The van der Waals surface area contributed by atoms with Crippen LogP contribution < -0.4 is 10.6 Å². The molecule has 0 unspecified atom stereocenters. The lowest BCUT2D eigenvalue weighted by molar-refractivity contribution is -0.118. The van der Waals surface area contributed by atoms with Crippen molar-refractivity contribution in [2.24, 2.45) is 11.8 Å². The summed E-state index contributed by atoms with van der Waals surface area (Å²) in [4.78, 5) is 11.3. The molecule has 2 N–H and O–H groups in total. The lowest BCUT2D eigenvalue weighted by Gasteiger charge is -2.26. The number of carbonyl (C=O) groups is 1. The Kier molecular flexibility index (Phi) is 4.73. The molecule has 0 bridgehead atoms. The van der Waals surface area contributed by atoms with Crippen molar-refractivity contribution in [1.82, 2.24) is 10.6 Å². The number of amides is 1. The molecule has 1 saturated heterocycles. The van der Waals surface area contributed by atoms with Gasteiger partial charge in [0, 0.05) is 19.6 Å². The highest BCUT2D eigenvalue weighted by molar-refractivity contribution is 7.92.